The number of benzene rings is 1. The largest absolute Gasteiger partial charge is 0.448 e. The van der Waals surface area contributed by atoms with Crippen LogP contribution in [0.5, 0.6) is 0 Å². The lowest BCUT2D eigenvalue weighted by molar-refractivity contribution is -0.129. The Morgan fingerprint density at radius 2 is 2.11 bits per heavy atom. The molecule has 3 aromatic rings. The molecule has 148 valence electrons. The van der Waals surface area contributed by atoms with Gasteiger partial charge >= 0.3 is 5.97 Å². The third-order valence-corrected chi connectivity index (χ3v) is 5.79. The maximum atomic E-state index is 12.5. The molecule has 0 fully saturated rings. The van der Waals surface area contributed by atoms with Crippen LogP contribution in [0, 0.1) is 6.92 Å². The van der Waals surface area contributed by atoms with Gasteiger partial charge in [0.05, 0.1) is 12.2 Å². The summed E-state index contributed by atoms with van der Waals surface area (Å²) in [5.74, 6) is -0.804. The fraction of sp³-hybridized carbons (Fsp3) is 0.350. The Morgan fingerprint density at radius 3 is 2.82 bits per heavy atom. The SMILES string of the molecule is CCCNC(=O)C(C)OC(=O)c1cc2c(C)nn(Cc3ccccc3Cl)c2s1. The molecule has 0 radical (unpaired) electrons. The summed E-state index contributed by atoms with van der Waals surface area (Å²) in [6.07, 6.45) is -0.0193. The zero-order valence-corrected chi connectivity index (χ0v) is 17.6. The number of hydrogen-bond donors (Lipinski definition) is 1. The molecule has 0 bridgehead atoms. The molecule has 8 heteroatoms. The number of fused-ring (bicyclic) bond motifs is 1. The van der Waals surface area contributed by atoms with Gasteiger partial charge in [0, 0.05) is 17.0 Å². The Morgan fingerprint density at radius 1 is 1.36 bits per heavy atom. The van der Waals surface area contributed by atoms with Crippen LogP contribution < -0.4 is 5.32 Å². The Hall–Kier alpha value is -2.38. The average molecular weight is 420 g/mol. The first-order chi connectivity index (χ1) is 13.4. The maximum absolute atomic E-state index is 12.5. The van der Waals surface area contributed by atoms with Crippen molar-refractivity contribution in [1.82, 2.24) is 15.1 Å². The van der Waals surface area contributed by atoms with E-state index in [9.17, 15) is 9.59 Å². The number of aromatic nitrogens is 2. The van der Waals surface area contributed by atoms with Gasteiger partial charge in [0.25, 0.3) is 5.91 Å². The van der Waals surface area contributed by atoms with Gasteiger partial charge in [-0.3, -0.25) is 9.48 Å². The summed E-state index contributed by atoms with van der Waals surface area (Å²) in [7, 11) is 0. The second-order valence-corrected chi connectivity index (χ2v) is 7.94. The van der Waals surface area contributed by atoms with Gasteiger partial charge in [0.1, 0.15) is 9.71 Å². The summed E-state index contributed by atoms with van der Waals surface area (Å²) >= 11 is 7.56. The van der Waals surface area contributed by atoms with Crippen LogP contribution in [-0.2, 0) is 16.1 Å². The van der Waals surface area contributed by atoms with Crippen LogP contribution in [0.3, 0.4) is 0 Å². The van der Waals surface area contributed by atoms with Crippen molar-refractivity contribution in [2.45, 2.75) is 39.8 Å². The molecular formula is C20H22ClN3O3S. The fourth-order valence-electron chi connectivity index (χ4n) is 2.77. The molecule has 0 aliphatic rings. The van der Waals surface area contributed by atoms with Crippen molar-refractivity contribution in [2.75, 3.05) is 6.54 Å². The van der Waals surface area contributed by atoms with E-state index in [2.05, 4.69) is 10.4 Å². The molecule has 2 aromatic heterocycles. The predicted octanol–water partition coefficient (Wildman–Crippen LogP) is 4.18. The maximum Gasteiger partial charge on any atom is 0.349 e. The molecule has 0 aliphatic heterocycles. The Kier molecular flexibility index (Phi) is 6.36. The van der Waals surface area contributed by atoms with E-state index in [1.807, 2.05) is 42.8 Å². The number of halogens is 1. The van der Waals surface area contributed by atoms with Crippen molar-refractivity contribution in [1.29, 1.82) is 0 Å². The van der Waals surface area contributed by atoms with Gasteiger partial charge < -0.3 is 10.1 Å². The number of aryl methyl sites for hydroxylation is 1. The van der Waals surface area contributed by atoms with Crippen molar-refractivity contribution >= 4 is 45.0 Å². The van der Waals surface area contributed by atoms with Gasteiger partial charge in [-0.25, -0.2) is 4.79 Å². The quantitative estimate of drug-likeness (QED) is 0.583. The molecule has 1 unspecified atom stereocenters. The molecule has 1 aromatic carbocycles. The molecular weight excluding hydrogens is 398 g/mol. The first kappa shape index (κ1) is 20.4. The predicted molar refractivity (Wildman–Crippen MR) is 111 cm³/mol. The second-order valence-electron chi connectivity index (χ2n) is 6.50. The van der Waals surface area contributed by atoms with E-state index in [-0.39, 0.29) is 5.91 Å². The number of thiophene rings is 1. The molecule has 6 nitrogen and oxygen atoms in total. The number of rotatable bonds is 7. The van der Waals surface area contributed by atoms with Crippen molar-refractivity contribution in [3.8, 4) is 0 Å². The van der Waals surface area contributed by atoms with Gasteiger partial charge in [-0.2, -0.15) is 5.10 Å². The van der Waals surface area contributed by atoms with Crippen molar-refractivity contribution in [2.24, 2.45) is 0 Å². The number of hydrogen-bond acceptors (Lipinski definition) is 5. The van der Waals surface area contributed by atoms with Crippen LogP contribution in [-0.4, -0.2) is 34.3 Å². The van der Waals surface area contributed by atoms with E-state index in [0.717, 1.165) is 27.9 Å². The number of carbonyl (C=O) groups is 2. The van der Waals surface area contributed by atoms with Crippen LogP contribution in [0.2, 0.25) is 5.02 Å². The molecule has 0 saturated heterocycles. The summed E-state index contributed by atoms with van der Waals surface area (Å²) in [5.41, 5.74) is 1.78. The highest BCUT2D eigenvalue weighted by Crippen LogP contribution is 2.30. The normalized spacial score (nSPS) is 12.1. The number of carbonyl (C=O) groups excluding carboxylic acids is 2. The molecule has 1 N–H and O–H groups in total. The number of amides is 1. The number of nitrogens with one attached hydrogen (secondary N) is 1. The van der Waals surface area contributed by atoms with E-state index in [0.29, 0.717) is 23.0 Å². The number of nitrogens with zero attached hydrogens (tertiary/aromatic N) is 2. The highest BCUT2D eigenvalue weighted by atomic mass is 35.5. The van der Waals surface area contributed by atoms with Crippen molar-refractivity contribution in [3.63, 3.8) is 0 Å². The molecule has 0 spiro atoms. The third-order valence-electron chi connectivity index (χ3n) is 4.29. The average Bonchev–Trinajstić information content (AvgIpc) is 3.23. The second kappa shape index (κ2) is 8.75. The summed E-state index contributed by atoms with van der Waals surface area (Å²) < 4.78 is 7.16. The highest BCUT2D eigenvalue weighted by molar-refractivity contribution is 7.20. The number of ether oxygens (including phenoxy) is 1. The summed E-state index contributed by atoms with van der Waals surface area (Å²) in [6.45, 7) is 6.49. The molecule has 28 heavy (non-hydrogen) atoms. The lowest BCUT2D eigenvalue weighted by Crippen LogP contribution is -2.36. The standard InChI is InChI=1S/C20H22ClN3O3S/c1-4-9-22-18(25)13(3)27-20(26)17-10-15-12(2)23-24(19(15)28-17)11-14-7-5-6-8-16(14)21/h5-8,10,13H,4,9,11H2,1-3H3,(H,22,25). The van der Waals surface area contributed by atoms with E-state index in [1.54, 1.807) is 13.0 Å². The van der Waals surface area contributed by atoms with Crippen LogP contribution in [0.4, 0.5) is 0 Å². The lowest BCUT2D eigenvalue weighted by atomic mass is 10.2. The summed E-state index contributed by atoms with van der Waals surface area (Å²) in [5, 5.41) is 8.85. The number of esters is 1. The van der Waals surface area contributed by atoms with Gasteiger partial charge in [0.15, 0.2) is 6.10 Å². The Bertz CT molecular complexity index is 1010. The minimum Gasteiger partial charge on any atom is -0.448 e. The van der Waals surface area contributed by atoms with Crippen LogP contribution in [0.25, 0.3) is 10.2 Å². The fourth-order valence-corrected chi connectivity index (χ4v) is 4.01. The van der Waals surface area contributed by atoms with Crippen LogP contribution in [0.1, 0.15) is 41.2 Å². The van der Waals surface area contributed by atoms with Gasteiger partial charge in [0.2, 0.25) is 0 Å². The van der Waals surface area contributed by atoms with Crippen LogP contribution in [0.15, 0.2) is 30.3 Å². The zero-order chi connectivity index (χ0) is 20.3. The van der Waals surface area contributed by atoms with E-state index < -0.39 is 12.1 Å². The van der Waals surface area contributed by atoms with Crippen molar-refractivity contribution in [3.05, 3.63) is 51.5 Å². The smallest absolute Gasteiger partial charge is 0.349 e. The minimum atomic E-state index is -0.843. The molecule has 2 heterocycles. The van der Waals surface area contributed by atoms with Gasteiger partial charge in [-0.15, -0.1) is 11.3 Å². The molecule has 0 aliphatic carbocycles. The molecule has 1 amide bonds. The van der Waals surface area contributed by atoms with Crippen LogP contribution >= 0.6 is 22.9 Å². The minimum absolute atomic E-state index is 0.294. The summed E-state index contributed by atoms with van der Waals surface area (Å²) in [6, 6.07) is 9.37. The lowest BCUT2D eigenvalue weighted by Gasteiger charge is -2.12. The first-order valence-electron chi connectivity index (χ1n) is 9.09. The van der Waals surface area contributed by atoms with E-state index in [1.165, 1.54) is 11.3 Å². The summed E-state index contributed by atoms with van der Waals surface area (Å²) in [4.78, 5) is 25.7. The Balaban J connectivity index is 1.79. The third kappa shape index (κ3) is 4.36. The monoisotopic (exact) mass is 419 g/mol. The van der Waals surface area contributed by atoms with E-state index in [4.69, 9.17) is 16.3 Å². The van der Waals surface area contributed by atoms with E-state index >= 15 is 0 Å². The molecule has 0 saturated carbocycles. The van der Waals surface area contributed by atoms with Crippen molar-refractivity contribution < 1.29 is 14.3 Å². The highest BCUT2D eigenvalue weighted by Gasteiger charge is 2.22. The van der Waals surface area contributed by atoms with Gasteiger partial charge in [-0.1, -0.05) is 36.7 Å². The van der Waals surface area contributed by atoms with Gasteiger partial charge in [-0.05, 0) is 38.0 Å². The molecule has 1 atom stereocenters. The zero-order valence-electron chi connectivity index (χ0n) is 16.0. The topological polar surface area (TPSA) is 73.2 Å². The first-order valence-corrected chi connectivity index (χ1v) is 10.3. The Labute approximate surface area is 172 Å². The molecule has 3 rings (SSSR count).